The molecule has 2 fully saturated rings. The number of benzene rings is 1. The van der Waals surface area contributed by atoms with E-state index >= 15 is 0 Å². The van der Waals surface area contributed by atoms with Gasteiger partial charge in [0.25, 0.3) is 5.91 Å². The number of ether oxygens (including phenoxy) is 1. The van der Waals surface area contributed by atoms with Crippen LogP contribution in [0.5, 0.6) is 0 Å². The van der Waals surface area contributed by atoms with Gasteiger partial charge in [0.05, 0.1) is 11.0 Å². The van der Waals surface area contributed by atoms with Crippen molar-refractivity contribution in [2.75, 3.05) is 26.2 Å². The van der Waals surface area contributed by atoms with Crippen molar-refractivity contribution in [3.63, 3.8) is 0 Å². The summed E-state index contributed by atoms with van der Waals surface area (Å²) in [5, 5.41) is 2.84. The van der Waals surface area contributed by atoms with Crippen LogP contribution in [0, 0.1) is 5.92 Å². The fourth-order valence-corrected chi connectivity index (χ4v) is 5.00. The van der Waals surface area contributed by atoms with E-state index in [4.69, 9.17) is 4.74 Å². The zero-order chi connectivity index (χ0) is 17.9. The number of rotatable bonds is 5. The standard InChI is InChI=1S/C18H26N2O4S/c1-14-4-2-10-20(13-14)25(22,23)17-8-6-15(7-9-17)18(21)19-12-16-5-3-11-24-16/h6-9,14,16H,2-5,10-13H2,1H3,(H,19,21). The fraction of sp³-hybridized carbons (Fsp3) is 0.611. The summed E-state index contributed by atoms with van der Waals surface area (Å²) in [7, 11) is -3.48. The lowest BCUT2D eigenvalue weighted by Crippen LogP contribution is -2.39. The summed E-state index contributed by atoms with van der Waals surface area (Å²) in [5.74, 6) is 0.178. The topological polar surface area (TPSA) is 75.7 Å². The zero-order valence-corrected chi connectivity index (χ0v) is 15.4. The molecule has 25 heavy (non-hydrogen) atoms. The van der Waals surface area contributed by atoms with E-state index in [0.717, 1.165) is 32.3 Å². The molecule has 0 aromatic heterocycles. The van der Waals surface area contributed by atoms with Crippen LogP contribution in [0.3, 0.4) is 0 Å². The Bertz CT molecular complexity index is 696. The number of amides is 1. The molecular formula is C18H26N2O4S. The molecule has 0 spiro atoms. The van der Waals surface area contributed by atoms with E-state index in [2.05, 4.69) is 12.2 Å². The Labute approximate surface area is 149 Å². The highest BCUT2D eigenvalue weighted by molar-refractivity contribution is 7.89. The number of nitrogens with zero attached hydrogens (tertiary/aromatic N) is 1. The van der Waals surface area contributed by atoms with Crippen molar-refractivity contribution in [2.24, 2.45) is 5.92 Å². The molecular weight excluding hydrogens is 340 g/mol. The minimum atomic E-state index is -3.48. The molecule has 2 atom stereocenters. The van der Waals surface area contributed by atoms with Crippen molar-refractivity contribution < 1.29 is 17.9 Å². The number of hydrogen-bond donors (Lipinski definition) is 1. The van der Waals surface area contributed by atoms with Crippen LogP contribution in [-0.2, 0) is 14.8 Å². The number of nitrogens with one attached hydrogen (secondary N) is 1. The SMILES string of the molecule is CC1CCCN(S(=O)(=O)c2ccc(C(=O)NCC3CCCO3)cc2)C1. The summed E-state index contributed by atoms with van der Waals surface area (Å²) in [6.07, 6.45) is 4.04. The maximum Gasteiger partial charge on any atom is 0.251 e. The van der Waals surface area contributed by atoms with Gasteiger partial charge in [-0.3, -0.25) is 4.79 Å². The molecule has 2 heterocycles. The van der Waals surface area contributed by atoms with Crippen molar-refractivity contribution in [2.45, 2.75) is 43.6 Å². The highest BCUT2D eigenvalue weighted by Crippen LogP contribution is 2.23. The first-order chi connectivity index (χ1) is 12.0. The van der Waals surface area contributed by atoms with Gasteiger partial charge in [-0.2, -0.15) is 4.31 Å². The predicted molar refractivity (Wildman–Crippen MR) is 94.9 cm³/mol. The zero-order valence-electron chi connectivity index (χ0n) is 14.6. The largest absolute Gasteiger partial charge is 0.376 e. The first-order valence-corrected chi connectivity index (χ1v) is 10.4. The number of piperidine rings is 1. The molecule has 3 rings (SSSR count). The highest BCUT2D eigenvalue weighted by Gasteiger charge is 2.28. The van der Waals surface area contributed by atoms with Gasteiger partial charge in [-0.05, 0) is 55.9 Å². The Morgan fingerprint density at radius 2 is 2.00 bits per heavy atom. The van der Waals surface area contributed by atoms with Crippen LogP contribution in [-0.4, -0.2) is 51.0 Å². The Balaban J connectivity index is 1.63. The molecule has 7 heteroatoms. The summed E-state index contributed by atoms with van der Waals surface area (Å²) in [6, 6.07) is 6.20. The van der Waals surface area contributed by atoms with E-state index in [0.29, 0.717) is 31.1 Å². The van der Waals surface area contributed by atoms with Crippen molar-refractivity contribution in [1.29, 1.82) is 0 Å². The third-order valence-electron chi connectivity index (χ3n) is 4.89. The maximum atomic E-state index is 12.7. The first kappa shape index (κ1) is 18.4. The van der Waals surface area contributed by atoms with Crippen LogP contribution in [0.2, 0.25) is 0 Å². The minimum absolute atomic E-state index is 0.0877. The molecule has 1 N–H and O–H groups in total. The van der Waals surface area contributed by atoms with Crippen molar-refractivity contribution in [3.8, 4) is 0 Å². The van der Waals surface area contributed by atoms with Crippen LogP contribution < -0.4 is 5.32 Å². The smallest absolute Gasteiger partial charge is 0.251 e. The van der Waals surface area contributed by atoms with Crippen LogP contribution in [0.15, 0.2) is 29.2 Å². The number of carbonyl (C=O) groups is 1. The molecule has 0 radical (unpaired) electrons. The van der Waals surface area contributed by atoms with E-state index in [9.17, 15) is 13.2 Å². The predicted octanol–water partition coefficient (Wildman–Crippen LogP) is 2.02. The number of sulfonamides is 1. The molecule has 1 aromatic carbocycles. The lowest BCUT2D eigenvalue weighted by molar-refractivity contribution is 0.0857. The van der Waals surface area contributed by atoms with E-state index in [1.54, 1.807) is 16.4 Å². The van der Waals surface area contributed by atoms with Gasteiger partial charge in [-0.25, -0.2) is 8.42 Å². The summed E-state index contributed by atoms with van der Waals surface area (Å²) in [5.41, 5.74) is 0.462. The van der Waals surface area contributed by atoms with Gasteiger partial charge >= 0.3 is 0 Å². The van der Waals surface area contributed by atoms with Gasteiger partial charge in [-0.1, -0.05) is 6.92 Å². The Morgan fingerprint density at radius 1 is 1.24 bits per heavy atom. The average molecular weight is 366 g/mol. The summed E-state index contributed by atoms with van der Waals surface area (Å²) >= 11 is 0. The highest BCUT2D eigenvalue weighted by atomic mass is 32.2. The van der Waals surface area contributed by atoms with Crippen LogP contribution in [0.25, 0.3) is 0 Å². The summed E-state index contributed by atoms with van der Waals surface area (Å²) in [4.78, 5) is 12.4. The van der Waals surface area contributed by atoms with Gasteiger partial charge < -0.3 is 10.1 Å². The lowest BCUT2D eigenvalue weighted by atomic mass is 10.0. The summed E-state index contributed by atoms with van der Waals surface area (Å²) < 4.78 is 32.5. The van der Waals surface area contributed by atoms with Crippen molar-refractivity contribution in [1.82, 2.24) is 9.62 Å². The van der Waals surface area contributed by atoms with Gasteiger partial charge in [0.2, 0.25) is 10.0 Å². The molecule has 0 saturated carbocycles. The minimum Gasteiger partial charge on any atom is -0.376 e. The number of carbonyl (C=O) groups excluding carboxylic acids is 1. The second kappa shape index (κ2) is 7.85. The average Bonchev–Trinajstić information content (AvgIpc) is 3.13. The fourth-order valence-electron chi connectivity index (χ4n) is 3.41. The molecule has 0 aliphatic carbocycles. The molecule has 2 saturated heterocycles. The van der Waals surface area contributed by atoms with E-state index in [-0.39, 0.29) is 16.9 Å². The normalized spacial score (nSPS) is 25.0. The third kappa shape index (κ3) is 4.40. The Kier molecular flexibility index (Phi) is 5.76. The third-order valence-corrected chi connectivity index (χ3v) is 6.77. The molecule has 0 bridgehead atoms. The molecule has 6 nitrogen and oxygen atoms in total. The van der Waals surface area contributed by atoms with E-state index in [1.807, 2.05) is 0 Å². The van der Waals surface area contributed by atoms with Crippen molar-refractivity contribution >= 4 is 15.9 Å². The Morgan fingerprint density at radius 3 is 2.64 bits per heavy atom. The van der Waals surface area contributed by atoms with Gasteiger partial charge in [0, 0.05) is 31.8 Å². The Hall–Kier alpha value is -1.44. The molecule has 2 unspecified atom stereocenters. The van der Waals surface area contributed by atoms with Gasteiger partial charge in [-0.15, -0.1) is 0 Å². The number of hydrogen-bond acceptors (Lipinski definition) is 4. The maximum absolute atomic E-state index is 12.7. The molecule has 1 amide bonds. The van der Waals surface area contributed by atoms with Crippen LogP contribution in [0.1, 0.15) is 43.0 Å². The quantitative estimate of drug-likeness (QED) is 0.865. The van der Waals surface area contributed by atoms with E-state index < -0.39 is 10.0 Å². The molecule has 2 aliphatic rings. The second-order valence-electron chi connectivity index (χ2n) is 6.98. The van der Waals surface area contributed by atoms with Crippen LogP contribution >= 0.6 is 0 Å². The lowest BCUT2D eigenvalue weighted by Gasteiger charge is -2.30. The molecule has 1 aromatic rings. The van der Waals surface area contributed by atoms with Gasteiger partial charge in [0.15, 0.2) is 0 Å². The van der Waals surface area contributed by atoms with Crippen LogP contribution in [0.4, 0.5) is 0 Å². The van der Waals surface area contributed by atoms with Crippen molar-refractivity contribution in [3.05, 3.63) is 29.8 Å². The molecule has 2 aliphatic heterocycles. The van der Waals surface area contributed by atoms with Gasteiger partial charge in [0.1, 0.15) is 0 Å². The molecule has 138 valence electrons. The monoisotopic (exact) mass is 366 g/mol. The second-order valence-corrected chi connectivity index (χ2v) is 8.92. The van der Waals surface area contributed by atoms with E-state index in [1.165, 1.54) is 12.1 Å². The summed E-state index contributed by atoms with van der Waals surface area (Å²) in [6.45, 7) is 4.44. The first-order valence-electron chi connectivity index (χ1n) is 8.97.